The van der Waals surface area contributed by atoms with Crippen LogP contribution >= 0.6 is 0 Å². The zero-order valence-electron chi connectivity index (χ0n) is 15.2. The first-order valence-corrected chi connectivity index (χ1v) is 9.04. The van der Waals surface area contributed by atoms with Crippen LogP contribution in [0.4, 0.5) is 0 Å². The number of hydrogen-bond donors (Lipinski definition) is 0. The SMILES string of the molecule is Cc1cc(C(=O)N2CCC[C@@H](n3cccn3)C2)c(C)n1-c1ccccn1. The molecule has 3 aromatic heterocycles. The van der Waals surface area contributed by atoms with Crippen LogP contribution in [0, 0.1) is 13.8 Å². The summed E-state index contributed by atoms with van der Waals surface area (Å²) in [6.07, 6.45) is 7.59. The smallest absolute Gasteiger partial charge is 0.255 e. The summed E-state index contributed by atoms with van der Waals surface area (Å²) in [6.45, 7) is 5.50. The van der Waals surface area contributed by atoms with E-state index in [0.29, 0.717) is 6.54 Å². The van der Waals surface area contributed by atoms with Crippen LogP contribution in [0.1, 0.15) is 40.6 Å². The van der Waals surface area contributed by atoms with Gasteiger partial charge in [-0.3, -0.25) is 9.48 Å². The van der Waals surface area contributed by atoms with Gasteiger partial charge in [0, 0.05) is 43.1 Å². The lowest BCUT2D eigenvalue weighted by Crippen LogP contribution is -2.41. The highest BCUT2D eigenvalue weighted by atomic mass is 16.2. The van der Waals surface area contributed by atoms with Gasteiger partial charge in [0.2, 0.25) is 0 Å². The number of aromatic nitrogens is 4. The number of carbonyl (C=O) groups excluding carboxylic acids is 1. The molecule has 4 heterocycles. The van der Waals surface area contributed by atoms with E-state index >= 15 is 0 Å². The van der Waals surface area contributed by atoms with Crippen LogP contribution in [0.5, 0.6) is 0 Å². The Hall–Kier alpha value is -2.89. The van der Waals surface area contributed by atoms with Crippen molar-refractivity contribution in [1.29, 1.82) is 0 Å². The maximum atomic E-state index is 13.2. The average Bonchev–Trinajstić information content (AvgIpc) is 3.30. The van der Waals surface area contributed by atoms with Crippen LogP contribution in [0.2, 0.25) is 0 Å². The maximum absolute atomic E-state index is 13.2. The van der Waals surface area contributed by atoms with E-state index in [9.17, 15) is 4.79 Å². The van der Waals surface area contributed by atoms with Crippen LogP contribution in [-0.4, -0.2) is 43.2 Å². The van der Waals surface area contributed by atoms with Crippen molar-refractivity contribution in [1.82, 2.24) is 24.2 Å². The number of carbonyl (C=O) groups is 1. The number of rotatable bonds is 3. The van der Waals surface area contributed by atoms with Crippen molar-refractivity contribution in [2.45, 2.75) is 32.7 Å². The minimum absolute atomic E-state index is 0.0946. The quantitative estimate of drug-likeness (QED) is 0.730. The molecule has 0 spiro atoms. The lowest BCUT2D eigenvalue weighted by Gasteiger charge is -2.33. The molecule has 6 heteroatoms. The second kappa shape index (κ2) is 6.78. The summed E-state index contributed by atoms with van der Waals surface area (Å²) in [5.41, 5.74) is 2.71. The Bertz CT molecular complexity index is 898. The standard InChI is InChI=1S/C20H23N5O/c1-15-13-18(16(2)25(15)19-8-3-4-9-21-19)20(26)23-11-5-7-17(14-23)24-12-6-10-22-24/h3-4,6,8-10,12-13,17H,5,7,11,14H2,1-2H3/t17-/m1/s1. The highest BCUT2D eigenvalue weighted by molar-refractivity contribution is 5.96. The molecule has 1 aliphatic rings. The molecule has 0 saturated carbocycles. The second-order valence-electron chi connectivity index (χ2n) is 6.84. The summed E-state index contributed by atoms with van der Waals surface area (Å²) in [4.78, 5) is 19.6. The molecule has 0 aliphatic carbocycles. The van der Waals surface area contributed by atoms with E-state index in [1.165, 1.54) is 0 Å². The normalized spacial score (nSPS) is 17.5. The number of pyridine rings is 1. The van der Waals surface area contributed by atoms with E-state index in [1.807, 2.05) is 64.5 Å². The first-order valence-electron chi connectivity index (χ1n) is 9.04. The molecule has 0 N–H and O–H groups in total. The van der Waals surface area contributed by atoms with Gasteiger partial charge in [0.25, 0.3) is 5.91 Å². The number of aryl methyl sites for hydroxylation is 1. The van der Waals surface area contributed by atoms with E-state index < -0.39 is 0 Å². The number of likely N-dealkylation sites (tertiary alicyclic amines) is 1. The number of nitrogens with zero attached hydrogens (tertiary/aromatic N) is 5. The molecule has 0 bridgehead atoms. The number of piperidine rings is 1. The summed E-state index contributed by atoms with van der Waals surface area (Å²) < 4.78 is 4.01. The summed E-state index contributed by atoms with van der Waals surface area (Å²) >= 11 is 0. The van der Waals surface area contributed by atoms with E-state index in [1.54, 1.807) is 12.4 Å². The monoisotopic (exact) mass is 349 g/mol. The highest BCUT2D eigenvalue weighted by Gasteiger charge is 2.28. The molecule has 4 rings (SSSR count). The van der Waals surface area contributed by atoms with Gasteiger partial charge >= 0.3 is 0 Å². The van der Waals surface area contributed by atoms with Gasteiger partial charge in [0.15, 0.2) is 0 Å². The Morgan fingerprint density at radius 3 is 2.81 bits per heavy atom. The maximum Gasteiger partial charge on any atom is 0.255 e. The fourth-order valence-corrected chi connectivity index (χ4v) is 3.84. The van der Waals surface area contributed by atoms with Crippen molar-refractivity contribution < 1.29 is 4.79 Å². The first-order chi connectivity index (χ1) is 12.6. The molecule has 6 nitrogen and oxygen atoms in total. The Kier molecular flexibility index (Phi) is 4.32. The molecule has 26 heavy (non-hydrogen) atoms. The van der Waals surface area contributed by atoms with Gasteiger partial charge in [-0.2, -0.15) is 5.10 Å². The first kappa shape index (κ1) is 16.6. The van der Waals surface area contributed by atoms with Gasteiger partial charge in [0.1, 0.15) is 5.82 Å². The van der Waals surface area contributed by atoms with Crippen molar-refractivity contribution in [3.8, 4) is 5.82 Å². The fraction of sp³-hybridized carbons (Fsp3) is 0.350. The number of hydrogen-bond acceptors (Lipinski definition) is 3. The third kappa shape index (κ3) is 2.92. The Morgan fingerprint density at radius 2 is 2.08 bits per heavy atom. The van der Waals surface area contributed by atoms with Gasteiger partial charge in [-0.1, -0.05) is 6.07 Å². The Labute approximate surface area is 153 Å². The van der Waals surface area contributed by atoms with Crippen LogP contribution in [0.25, 0.3) is 5.82 Å². The molecule has 1 aliphatic heterocycles. The molecule has 0 unspecified atom stereocenters. The third-order valence-corrected chi connectivity index (χ3v) is 5.12. The minimum atomic E-state index is 0.0946. The molecule has 134 valence electrons. The molecule has 1 atom stereocenters. The average molecular weight is 349 g/mol. The Balaban J connectivity index is 1.61. The van der Waals surface area contributed by atoms with Gasteiger partial charge in [-0.05, 0) is 51.0 Å². The predicted octanol–water partition coefficient (Wildman–Crippen LogP) is 3.16. The molecule has 1 fully saturated rings. The molecule has 0 radical (unpaired) electrons. The minimum Gasteiger partial charge on any atom is -0.336 e. The summed E-state index contributed by atoms with van der Waals surface area (Å²) in [6, 6.07) is 9.98. The zero-order chi connectivity index (χ0) is 18.1. The predicted molar refractivity (Wildman–Crippen MR) is 99.4 cm³/mol. The lowest BCUT2D eigenvalue weighted by molar-refractivity contribution is 0.0672. The van der Waals surface area contributed by atoms with Gasteiger partial charge in [0.05, 0.1) is 11.6 Å². The fourth-order valence-electron chi connectivity index (χ4n) is 3.84. The van der Waals surface area contributed by atoms with Crippen LogP contribution in [-0.2, 0) is 0 Å². The topological polar surface area (TPSA) is 56.0 Å². The van der Waals surface area contributed by atoms with Crippen molar-refractivity contribution in [3.63, 3.8) is 0 Å². The molecule has 1 amide bonds. The van der Waals surface area contributed by atoms with E-state index in [0.717, 1.165) is 42.2 Å². The van der Waals surface area contributed by atoms with Crippen molar-refractivity contribution in [2.24, 2.45) is 0 Å². The number of amides is 1. The molecule has 3 aromatic rings. The highest BCUT2D eigenvalue weighted by Crippen LogP contribution is 2.25. The molecular formula is C20H23N5O. The summed E-state index contributed by atoms with van der Waals surface area (Å²) in [7, 11) is 0. The largest absolute Gasteiger partial charge is 0.336 e. The van der Waals surface area contributed by atoms with Crippen LogP contribution in [0.3, 0.4) is 0 Å². The van der Waals surface area contributed by atoms with Crippen molar-refractivity contribution in [2.75, 3.05) is 13.1 Å². The van der Waals surface area contributed by atoms with E-state index in [4.69, 9.17) is 0 Å². The van der Waals surface area contributed by atoms with E-state index in [-0.39, 0.29) is 11.9 Å². The summed E-state index contributed by atoms with van der Waals surface area (Å²) in [5.74, 6) is 0.937. The van der Waals surface area contributed by atoms with Gasteiger partial charge < -0.3 is 9.47 Å². The Morgan fingerprint density at radius 1 is 1.19 bits per heavy atom. The molecular weight excluding hydrogens is 326 g/mol. The second-order valence-corrected chi connectivity index (χ2v) is 6.84. The zero-order valence-corrected chi connectivity index (χ0v) is 15.2. The molecule has 1 saturated heterocycles. The molecule has 0 aromatic carbocycles. The van der Waals surface area contributed by atoms with Crippen LogP contribution in [0.15, 0.2) is 48.9 Å². The van der Waals surface area contributed by atoms with Crippen molar-refractivity contribution in [3.05, 3.63) is 65.9 Å². The lowest BCUT2D eigenvalue weighted by atomic mass is 10.0. The van der Waals surface area contributed by atoms with Gasteiger partial charge in [-0.25, -0.2) is 4.98 Å². The summed E-state index contributed by atoms with van der Waals surface area (Å²) in [5, 5.41) is 4.35. The van der Waals surface area contributed by atoms with Gasteiger partial charge in [-0.15, -0.1) is 0 Å². The van der Waals surface area contributed by atoms with E-state index in [2.05, 4.69) is 10.1 Å². The third-order valence-electron chi connectivity index (χ3n) is 5.12. The van der Waals surface area contributed by atoms with Crippen LogP contribution < -0.4 is 0 Å². The van der Waals surface area contributed by atoms with Crippen molar-refractivity contribution >= 4 is 5.91 Å².